The third kappa shape index (κ3) is 26.5. The van der Waals surface area contributed by atoms with Gasteiger partial charge in [-0.05, 0) is 93.1 Å². The van der Waals surface area contributed by atoms with Crippen molar-refractivity contribution in [2.45, 2.75) is 188 Å². The predicted molar refractivity (Wildman–Crippen MR) is 379 cm³/mol. The Kier molecular flexibility index (Phi) is 35.7. The highest BCUT2D eigenvalue weighted by molar-refractivity contribution is 7.09. The number of carboxylic acids is 1. The zero-order valence-corrected chi connectivity index (χ0v) is 61.6. The van der Waals surface area contributed by atoms with E-state index < -0.39 is 72.1 Å². The second kappa shape index (κ2) is 42.0. The third-order valence-corrected chi connectivity index (χ3v) is 20.1. The van der Waals surface area contributed by atoms with Gasteiger partial charge in [-0.25, -0.2) is 14.6 Å². The lowest BCUT2D eigenvalue weighted by atomic mass is 9.83. The summed E-state index contributed by atoms with van der Waals surface area (Å²) >= 11 is 1.54. The number of hydrogen-bond donors (Lipinski definition) is 5. The second-order valence-electron chi connectivity index (χ2n) is 27.7. The maximum absolute atomic E-state index is 15.0. The van der Waals surface area contributed by atoms with Crippen LogP contribution in [0, 0.1) is 41.4 Å². The van der Waals surface area contributed by atoms with E-state index in [9.17, 15) is 47.9 Å². The van der Waals surface area contributed by atoms with Crippen LogP contribution >= 0.6 is 11.3 Å². The van der Waals surface area contributed by atoms with Crippen LogP contribution in [0.15, 0.2) is 66.2 Å². The number of carbonyl (C=O) groups is 10. The Hall–Kier alpha value is -7.19. The quantitative estimate of drug-likeness (QED) is 0.0330. The predicted octanol–water partition coefficient (Wildman–Crippen LogP) is 8.71. The number of amides is 7. The molecule has 1 aliphatic heterocycles. The Morgan fingerprint density at radius 2 is 1.40 bits per heavy atom. The van der Waals surface area contributed by atoms with Crippen molar-refractivity contribution in [3.05, 3.63) is 82.3 Å². The van der Waals surface area contributed by atoms with Crippen LogP contribution in [0.1, 0.15) is 155 Å². The minimum absolute atomic E-state index is 0.0283. The van der Waals surface area contributed by atoms with Crippen LogP contribution in [0.2, 0.25) is 0 Å². The number of ether oxygens (including phenoxy) is 3. The first-order valence-electron chi connectivity index (χ1n) is 34.8. The molecule has 546 valence electrons. The average molecular weight is 1390 g/mol. The molecule has 2 heterocycles. The molecule has 4 rings (SSSR count). The minimum Gasteiger partial charge on any atom is -0.481 e. The van der Waals surface area contributed by atoms with Crippen molar-refractivity contribution in [1.82, 2.24) is 40.1 Å². The van der Waals surface area contributed by atoms with Crippen LogP contribution in [0.4, 0.5) is 15.3 Å². The number of Topliss-reactive ketones (excluding diaryl/α,β-unsaturated/α-hetero) is 3. The molecule has 0 spiro atoms. The van der Waals surface area contributed by atoms with E-state index in [1.165, 1.54) is 23.3 Å². The molecular formula is C73H114N10O14S. The van der Waals surface area contributed by atoms with Gasteiger partial charge in [-0.15, -0.1) is 11.3 Å². The Labute approximate surface area is 585 Å². The number of ketones is 3. The maximum Gasteiger partial charge on any atom is 0.410 e. The van der Waals surface area contributed by atoms with Crippen LogP contribution in [0.3, 0.4) is 0 Å². The molecule has 0 saturated carbocycles. The van der Waals surface area contributed by atoms with Gasteiger partial charge >= 0.3 is 18.1 Å². The molecule has 0 bridgehead atoms. The molecule has 1 fully saturated rings. The van der Waals surface area contributed by atoms with Crippen molar-refractivity contribution in [3.63, 3.8) is 0 Å². The van der Waals surface area contributed by atoms with Crippen molar-refractivity contribution in [3.8, 4) is 0 Å². The zero-order chi connectivity index (χ0) is 72.9. The van der Waals surface area contributed by atoms with Gasteiger partial charge < -0.3 is 65.5 Å². The number of thiazole rings is 1. The molecule has 24 nitrogen and oxygen atoms in total. The topological polar surface area (TPSA) is 310 Å². The number of rotatable bonds is 45. The molecule has 0 unspecified atom stereocenters. The lowest BCUT2D eigenvalue weighted by Crippen LogP contribution is -2.54. The van der Waals surface area contributed by atoms with Crippen molar-refractivity contribution >= 4 is 76.1 Å². The van der Waals surface area contributed by atoms with Gasteiger partial charge in [0.25, 0.3) is 0 Å². The van der Waals surface area contributed by atoms with Crippen molar-refractivity contribution in [2.24, 2.45) is 47.2 Å². The first-order chi connectivity index (χ1) is 46.4. The number of carbonyl (C=O) groups excluding carboxylic acids is 9. The lowest BCUT2D eigenvalue weighted by molar-refractivity contribution is -0.149. The normalized spacial score (nSPS) is 16.3. The van der Waals surface area contributed by atoms with E-state index >= 15 is 0 Å². The number of urea groups is 1. The first kappa shape index (κ1) is 83.2. The van der Waals surface area contributed by atoms with Crippen molar-refractivity contribution in [2.75, 3.05) is 87.0 Å². The Morgan fingerprint density at radius 1 is 0.745 bits per heavy atom. The second-order valence-corrected chi connectivity index (χ2v) is 28.6. The minimum atomic E-state index is -0.960. The summed E-state index contributed by atoms with van der Waals surface area (Å²) in [6, 6.07) is 13.1. The number of aliphatic carboxylic acids is 1. The van der Waals surface area contributed by atoms with Gasteiger partial charge in [0, 0.05) is 134 Å². The van der Waals surface area contributed by atoms with Gasteiger partial charge in [0.2, 0.25) is 23.6 Å². The summed E-state index contributed by atoms with van der Waals surface area (Å²) in [5.41, 5.74) is 7.36. The molecule has 6 N–H and O–H groups in total. The number of methoxy groups -OCH3 is 2. The number of nitrogens with two attached hydrogens (primary N) is 1. The number of likely N-dealkylation sites (tertiary alicyclic amines) is 1. The Balaban J connectivity index is 1.39. The van der Waals surface area contributed by atoms with Crippen molar-refractivity contribution in [1.29, 1.82) is 0 Å². The highest BCUT2D eigenvalue weighted by atomic mass is 32.1. The number of carboxylic acid groups (broad SMARTS) is 1. The Morgan fingerprint density at radius 3 is 1.96 bits per heavy atom. The Bertz CT molecular complexity index is 3010. The van der Waals surface area contributed by atoms with Gasteiger partial charge in [-0.2, -0.15) is 0 Å². The van der Waals surface area contributed by atoms with Crippen LogP contribution in [0.5, 0.6) is 0 Å². The molecule has 25 heteroatoms. The number of anilines is 1. The number of nitrogens with zero attached hydrogens (tertiary/aromatic N) is 6. The number of hydrogen-bond acceptors (Lipinski definition) is 17. The fraction of sp³-hybridized carbons (Fsp3) is 0.658. The molecular weight excluding hydrogens is 1270 g/mol. The lowest BCUT2D eigenvalue weighted by Gasteiger charge is -2.41. The van der Waals surface area contributed by atoms with Gasteiger partial charge in [0.1, 0.15) is 12.4 Å². The SMILES string of the molecule is CC[C@H](C)[C@@H]([C@@H](CC(=O)N1CCC[C@H]1[C@H](OC)[C@@H](C)C(=O)C[C@@H](Cc1ccccc1)c1nccs1)OC)N(C)C(=O)[C@@H](CC(=O)[C@H](C(C)C)N(C)C(=O)OCc1ccc(NC(=O)[C@H](CCCNC(N)=O)CC(=O)[C@@H](NC(=O)CCN(C)CCN(C)CCC(=O)O)C(C)C)cc1)C(C)C. The number of likely N-dealkylation sites (N-methyl/N-ethyl adjacent to an activating group) is 4. The van der Waals surface area contributed by atoms with E-state index in [-0.39, 0.29) is 129 Å². The van der Waals surface area contributed by atoms with Gasteiger partial charge in [0.15, 0.2) is 11.6 Å². The summed E-state index contributed by atoms with van der Waals surface area (Å²) in [6.07, 6.45) is 2.97. The maximum atomic E-state index is 15.0. The third-order valence-electron chi connectivity index (χ3n) is 19.2. The monoisotopic (exact) mass is 1390 g/mol. The summed E-state index contributed by atoms with van der Waals surface area (Å²) in [6.45, 7) is 19.4. The fourth-order valence-electron chi connectivity index (χ4n) is 13.1. The smallest absolute Gasteiger partial charge is 0.410 e. The number of benzene rings is 2. The van der Waals surface area contributed by atoms with E-state index in [0.717, 1.165) is 17.0 Å². The summed E-state index contributed by atoms with van der Waals surface area (Å²) in [7, 11) is 10.0. The number of aromatic nitrogens is 1. The van der Waals surface area contributed by atoms with Crippen LogP contribution < -0.4 is 21.7 Å². The molecule has 1 aliphatic rings. The number of primary amides is 1. The van der Waals surface area contributed by atoms with Crippen LogP contribution in [-0.4, -0.2) is 212 Å². The fourth-order valence-corrected chi connectivity index (χ4v) is 13.9. The van der Waals surface area contributed by atoms with E-state index in [4.69, 9.17) is 25.1 Å². The average Bonchev–Trinajstić information content (AvgIpc) is 1.31. The summed E-state index contributed by atoms with van der Waals surface area (Å²) in [5, 5.41) is 20.1. The van der Waals surface area contributed by atoms with E-state index in [2.05, 4.69) is 33.1 Å². The van der Waals surface area contributed by atoms with Gasteiger partial charge in [-0.3, -0.25) is 38.4 Å². The molecule has 0 aliphatic carbocycles. The molecule has 0 radical (unpaired) electrons. The molecule has 1 saturated heterocycles. The standard InChI is InChI=1S/C73H114N10O14S/c1-16-49(8)67(61(95-14)44-63(88)83-34-21-25-57(83)68(96-15)50(9)58(84)42-54(70-75-33-39-98-70)40-51-22-18-17-19-23-51)81(12)71(92)56(46(2)3)43-60(86)66(48(6)7)82(13)73(94)97-45-52-26-28-55(29-27-52)77-69(91)53(24-20-32-76-72(74)93)41-59(85)65(47(4)5)78-62(87)30-35-79(10)37-38-80(11)36-31-64(89)90/h17-19,22-23,26-29,33,39,46-50,53-54,56-57,61,65-68H,16,20-21,24-25,30-32,34-38,40-45H2,1-15H3,(H,77,91)(H,78,87)(H,89,90)(H3,74,76,93)/t49-,50-,53+,54+,56-,57-,61+,65-,66-,67-,68+/m0/s1. The molecule has 98 heavy (non-hydrogen) atoms. The highest BCUT2D eigenvalue weighted by Crippen LogP contribution is 2.34. The molecule has 2 aromatic carbocycles. The summed E-state index contributed by atoms with van der Waals surface area (Å²) in [5.74, 6) is -6.11. The summed E-state index contributed by atoms with van der Waals surface area (Å²) < 4.78 is 18.1. The number of nitrogens with one attached hydrogen (secondary N) is 3. The van der Waals surface area contributed by atoms with Crippen LogP contribution in [0.25, 0.3) is 0 Å². The van der Waals surface area contributed by atoms with Gasteiger partial charge in [0.05, 0.1) is 54.2 Å². The molecule has 1 aromatic heterocycles. The summed E-state index contributed by atoms with van der Waals surface area (Å²) in [4.78, 5) is 149. The zero-order valence-electron chi connectivity index (χ0n) is 60.8. The van der Waals surface area contributed by atoms with E-state index in [0.29, 0.717) is 69.7 Å². The van der Waals surface area contributed by atoms with E-state index in [1.807, 2.05) is 101 Å². The van der Waals surface area contributed by atoms with Crippen molar-refractivity contribution < 1.29 is 67.3 Å². The van der Waals surface area contributed by atoms with Crippen LogP contribution in [-0.2, 0) is 65.6 Å². The van der Waals surface area contributed by atoms with E-state index in [1.54, 1.807) is 70.5 Å². The molecule has 7 amide bonds. The van der Waals surface area contributed by atoms with Gasteiger partial charge in [-0.1, -0.05) is 111 Å². The molecule has 11 atom stereocenters. The highest BCUT2D eigenvalue weighted by Gasteiger charge is 2.44. The molecule has 3 aromatic rings. The largest absolute Gasteiger partial charge is 0.481 e. The first-order valence-corrected chi connectivity index (χ1v) is 35.6.